The molecule has 0 aliphatic heterocycles. The summed E-state index contributed by atoms with van der Waals surface area (Å²) in [5.41, 5.74) is 7.12. The molecule has 0 fully saturated rings. The summed E-state index contributed by atoms with van der Waals surface area (Å²) < 4.78 is 8.25. The van der Waals surface area contributed by atoms with Crippen LogP contribution in [0.5, 0.6) is 0 Å². The summed E-state index contributed by atoms with van der Waals surface area (Å²) in [5.74, 6) is -4.46. The average molecular weight is 692 g/mol. The van der Waals surface area contributed by atoms with Crippen LogP contribution < -0.4 is 37.9 Å². The predicted octanol–water partition coefficient (Wildman–Crippen LogP) is -1.39. The summed E-state index contributed by atoms with van der Waals surface area (Å²) in [6.07, 6.45) is 5.69. The molecule has 0 bridgehead atoms. The first-order valence-corrected chi connectivity index (χ1v) is 13.8. The van der Waals surface area contributed by atoms with Crippen molar-refractivity contribution in [3.05, 3.63) is 108 Å². The van der Waals surface area contributed by atoms with Crippen LogP contribution in [0, 0.1) is 0 Å². The van der Waals surface area contributed by atoms with E-state index in [4.69, 9.17) is 15.6 Å². The maximum absolute atomic E-state index is 13.5. The number of aliphatic carboxylic acids is 1. The molecule has 1 unspecified atom stereocenters. The van der Waals surface area contributed by atoms with Crippen molar-refractivity contribution in [3.63, 3.8) is 0 Å². The fourth-order valence-electron chi connectivity index (χ4n) is 4.28. The van der Waals surface area contributed by atoms with Crippen LogP contribution in [0.4, 0.5) is 0 Å². The number of nitrogens with one attached hydrogen (secondary N) is 2. The Kier molecular flexibility index (Phi) is 12.5. The summed E-state index contributed by atoms with van der Waals surface area (Å²) in [5, 5.41) is 19.1. The quantitative estimate of drug-likeness (QED) is 0.0750. The summed E-state index contributed by atoms with van der Waals surface area (Å²) in [6.45, 7) is 1.89. The van der Waals surface area contributed by atoms with Crippen molar-refractivity contribution in [2.75, 3.05) is 6.61 Å². The second-order valence-electron chi connectivity index (χ2n) is 9.70. The number of ether oxygens (including phenoxy) is 1. The van der Waals surface area contributed by atoms with Crippen molar-refractivity contribution in [3.8, 4) is 16.9 Å². The van der Waals surface area contributed by atoms with E-state index in [-0.39, 0.29) is 41.4 Å². The Morgan fingerprint density at radius 2 is 1.70 bits per heavy atom. The van der Waals surface area contributed by atoms with Gasteiger partial charge in [-0.1, -0.05) is 36.4 Å². The van der Waals surface area contributed by atoms with Gasteiger partial charge in [-0.25, -0.2) is 14.3 Å². The zero-order chi connectivity index (χ0) is 32.3. The van der Waals surface area contributed by atoms with E-state index in [1.54, 1.807) is 77.2 Å². The van der Waals surface area contributed by atoms with Crippen LogP contribution in [0.3, 0.4) is 0 Å². The highest BCUT2D eigenvalue weighted by molar-refractivity contribution is 6.06. The lowest BCUT2D eigenvalue weighted by Gasteiger charge is -2.15. The Labute approximate surface area is 274 Å². The number of carboxylic acids is 1. The van der Waals surface area contributed by atoms with Gasteiger partial charge in [0.1, 0.15) is 17.4 Å². The number of carboxylic acid groups (broad SMARTS) is 1. The number of nitrogens with two attached hydrogens (primary N) is 1. The molecule has 5 N–H and O–H groups in total. The Morgan fingerprint density at radius 1 is 1.02 bits per heavy atom. The third-order valence-corrected chi connectivity index (χ3v) is 6.35. The van der Waals surface area contributed by atoms with Gasteiger partial charge in [-0.15, -0.1) is 0 Å². The number of aromatic nitrogens is 3. The lowest BCUT2D eigenvalue weighted by Crippen LogP contribution is -3.00. The van der Waals surface area contributed by atoms with Crippen LogP contribution in [0.1, 0.15) is 29.3 Å². The van der Waals surface area contributed by atoms with Crippen LogP contribution in [0.2, 0.25) is 0 Å². The Morgan fingerprint density at radius 3 is 2.33 bits per heavy atom. The number of pyridine rings is 1. The molecule has 14 heteroatoms. The molecule has 0 aliphatic carbocycles. The molecule has 4 aromatic rings. The Balaban J connectivity index is 0.00000576. The summed E-state index contributed by atoms with van der Waals surface area (Å²) in [7, 11) is 0. The van der Waals surface area contributed by atoms with Gasteiger partial charge in [0.2, 0.25) is 12.5 Å². The molecule has 0 saturated carbocycles. The van der Waals surface area contributed by atoms with E-state index < -0.39 is 42.1 Å². The van der Waals surface area contributed by atoms with Crippen molar-refractivity contribution in [1.29, 1.82) is 0 Å². The molecular weight excluding hydrogens is 660 g/mol. The maximum atomic E-state index is 13.5. The SMILES string of the molecule is CCOC(=O)C[n+]1cccc(-c2nn(-c3ccccc3)cc2/C=C(\NC(=O)c2ccccc2)C(=O)NC(CC(N)=O)C(=O)O)c1.[Br-]. The van der Waals surface area contributed by atoms with E-state index in [0.717, 1.165) is 0 Å². The van der Waals surface area contributed by atoms with Gasteiger partial charge in [-0.2, -0.15) is 9.67 Å². The number of halogens is 1. The number of benzene rings is 2. The van der Waals surface area contributed by atoms with Gasteiger partial charge >= 0.3 is 11.9 Å². The second kappa shape index (κ2) is 16.4. The molecule has 0 aliphatic rings. The second-order valence-corrected chi connectivity index (χ2v) is 9.70. The normalized spacial score (nSPS) is 11.5. The van der Waals surface area contributed by atoms with Gasteiger partial charge in [0.25, 0.3) is 11.8 Å². The van der Waals surface area contributed by atoms with Crippen LogP contribution in [-0.4, -0.2) is 57.2 Å². The molecule has 2 heterocycles. The van der Waals surface area contributed by atoms with Gasteiger partial charge in [-0.05, 0) is 43.3 Å². The standard InChI is InChI=1S/C32H30N6O7.BrH/c1-2-45-28(40)20-37-15-9-12-22(18-37)29-23(19-38(36-29)24-13-7-4-8-14-24)16-25(34-30(41)21-10-5-3-6-11-21)31(42)35-26(32(43)44)17-27(33)39;/h3-16,18-19,26H,2,17,20H2,1H3,(H4-,33,34,35,39,41,42,43,44);1H/b25-16-;. The molecule has 13 nitrogen and oxygen atoms in total. The summed E-state index contributed by atoms with van der Waals surface area (Å²) in [4.78, 5) is 62.0. The van der Waals surface area contributed by atoms with E-state index in [1.807, 2.05) is 30.3 Å². The van der Waals surface area contributed by atoms with E-state index in [9.17, 15) is 29.1 Å². The van der Waals surface area contributed by atoms with Gasteiger partial charge < -0.3 is 43.2 Å². The van der Waals surface area contributed by atoms with Gasteiger partial charge in [0.15, 0.2) is 12.4 Å². The highest BCUT2D eigenvalue weighted by atomic mass is 79.9. The highest BCUT2D eigenvalue weighted by Gasteiger charge is 2.26. The molecule has 2 aromatic heterocycles. The number of esters is 1. The fraction of sp³-hybridized carbons (Fsp3) is 0.156. The molecule has 0 saturated heterocycles. The van der Waals surface area contributed by atoms with Gasteiger partial charge in [-0.3, -0.25) is 14.4 Å². The predicted molar refractivity (Wildman–Crippen MR) is 161 cm³/mol. The number of hydrogen-bond donors (Lipinski definition) is 4. The van der Waals surface area contributed by atoms with E-state index in [0.29, 0.717) is 22.5 Å². The third-order valence-electron chi connectivity index (χ3n) is 6.35. The minimum absolute atomic E-state index is 0. The highest BCUT2D eigenvalue weighted by Crippen LogP contribution is 2.25. The molecule has 4 rings (SSSR count). The van der Waals surface area contributed by atoms with E-state index >= 15 is 0 Å². The van der Waals surface area contributed by atoms with Gasteiger partial charge in [0.05, 0.1) is 24.3 Å². The van der Waals surface area contributed by atoms with Crippen molar-refractivity contribution in [2.45, 2.75) is 25.9 Å². The molecule has 46 heavy (non-hydrogen) atoms. The lowest BCUT2D eigenvalue weighted by molar-refractivity contribution is -0.685. The molecule has 0 spiro atoms. The van der Waals surface area contributed by atoms with Crippen molar-refractivity contribution in [2.24, 2.45) is 5.73 Å². The maximum Gasteiger partial charge on any atom is 0.372 e. The average Bonchev–Trinajstić information content (AvgIpc) is 3.45. The molecule has 0 radical (unpaired) electrons. The number of primary amides is 1. The molecule has 1 atom stereocenters. The number of nitrogens with zero attached hydrogens (tertiary/aromatic N) is 3. The lowest BCUT2D eigenvalue weighted by atomic mass is 10.1. The Hall–Kier alpha value is -5.63. The van der Waals surface area contributed by atoms with Crippen LogP contribution in [-0.2, 0) is 30.5 Å². The smallest absolute Gasteiger partial charge is 0.372 e. The van der Waals surface area contributed by atoms with Crippen molar-refractivity contribution < 1.29 is 55.4 Å². The van der Waals surface area contributed by atoms with Crippen LogP contribution >= 0.6 is 0 Å². The van der Waals surface area contributed by atoms with E-state index in [2.05, 4.69) is 10.6 Å². The monoisotopic (exact) mass is 690 g/mol. The van der Waals surface area contributed by atoms with Crippen LogP contribution in [0.25, 0.3) is 23.0 Å². The topological polar surface area (TPSA) is 187 Å². The van der Waals surface area contributed by atoms with E-state index in [1.165, 1.54) is 6.08 Å². The van der Waals surface area contributed by atoms with Crippen molar-refractivity contribution >= 4 is 35.7 Å². The van der Waals surface area contributed by atoms with Crippen molar-refractivity contribution in [1.82, 2.24) is 20.4 Å². The minimum Gasteiger partial charge on any atom is -1.00 e. The number of rotatable bonds is 13. The first-order chi connectivity index (χ1) is 21.6. The first-order valence-electron chi connectivity index (χ1n) is 13.8. The number of amides is 3. The molecule has 238 valence electrons. The number of carbonyl (C=O) groups is 5. The first kappa shape index (κ1) is 34.9. The van der Waals surface area contributed by atoms with Crippen LogP contribution in [0.15, 0.2) is 97.1 Å². The zero-order valence-electron chi connectivity index (χ0n) is 24.6. The Bertz CT molecular complexity index is 1740. The fourth-order valence-corrected chi connectivity index (χ4v) is 4.28. The molecular formula is C32H31BrN6O7. The zero-order valence-corrected chi connectivity index (χ0v) is 26.2. The summed E-state index contributed by atoms with van der Waals surface area (Å²) >= 11 is 0. The largest absolute Gasteiger partial charge is 1.00 e. The number of hydrogen-bond acceptors (Lipinski definition) is 7. The minimum atomic E-state index is -1.64. The number of carbonyl (C=O) groups excluding carboxylic acids is 4. The van der Waals surface area contributed by atoms with Gasteiger partial charge in [0, 0.05) is 23.4 Å². The molecule has 2 aromatic carbocycles. The third kappa shape index (κ3) is 9.43. The summed E-state index contributed by atoms with van der Waals surface area (Å²) in [6, 6.07) is 19.1. The number of para-hydroxylation sites is 1. The molecule has 3 amide bonds.